The Morgan fingerprint density at radius 3 is 2.30 bits per heavy atom. The minimum absolute atomic E-state index is 0.00229. The van der Waals surface area contributed by atoms with Gasteiger partial charge in [-0.2, -0.15) is 18.2 Å². The number of nitrogens with zero attached hydrogens (tertiary/aromatic N) is 4. The highest BCUT2D eigenvalue weighted by Gasteiger charge is 2.70. The van der Waals surface area contributed by atoms with Crippen molar-refractivity contribution in [2.75, 3.05) is 24.1 Å². The number of alkyl halides is 3. The molecular formula is C40H30Cl3F3N4O6. The number of imide groups is 2. The maximum atomic E-state index is 15.4. The zero-order valence-corrected chi connectivity index (χ0v) is 31.7. The largest absolute Gasteiger partial charge is 0.503 e. The molecule has 288 valence electrons. The molecule has 8 rings (SSSR count). The van der Waals surface area contributed by atoms with Crippen LogP contribution in [0, 0.1) is 23.7 Å². The van der Waals surface area contributed by atoms with Crippen molar-refractivity contribution in [1.82, 2.24) is 9.99 Å². The molecule has 6 unspecified atom stereocenters. The number of carbonyl (C=O) groups is 4. The molecule has 6 atom stereocenters. The van der Waals surface area contributed by atoms with E-state index in [1.807, 2.05) is 0 Å². The van der Waals surface area contributed by atoms with Crippen LogP contribution in [0.3, 0.4) is 0 Å². The summed E-state index contributed by atoms with van der Waals surface area (Å²) in [5.41, 5.74) is -1.20. The summed E-state index contributed by atoms with van der Waals surface area (Å²) in [4.78, 5) is 64.0. The van der Waals surface area contributed by atoms with Gasteiger partial charge in [0.05, 0.1) is 46.0 Å². The molecule has 1 aromatic heterocycles. The summed E-state index contributed by atoms with van der Waals surface area (Å²) in [6.45, 7) is 0. The number of methoxy groups -OCH3 is 1. The average Bonchev–Trinajstić information content (AvgIpc) is 3.56. The Bertz CT molecular complexity index is 2380. The Morgan fingerprint density at radius 1 is 0.893 bits per heavy atom. The third kappa shape index (κ3) is 5.49. The Hall–Kier alpha value is -5.11. The first-order valence-electron chi connectivity index (χ1n) is 17.4. The standard InChI is InChI=1S/C40H30Cl3F3N4O6/c1-48(34-27(42)13-14-30(47-34)40(44,45)46)50-35(52)24-12-11-23-25(31(24)37(50)54)18-26-36(53)49(22-10-6-9-21(41)17-22)38(55)39(26,20-7-4-3-5-8-20)32(23)19-15-28(43)33(51)29(16-19)56-2/h3-11,13-17,24-26,31-32,51H,12,18H2,1-2H3. The molecule has 3 heterocycles. The predicted octanol–water partition coefficient (Wildman–Crippen LogP) is 7.99. The number of rotatable bonds is 6. The third-order valence-electron chi connectivity index (χ3n) is 11.5. The molecule has 1 saturated carbocycles. The molecule has 4 aliphatic rings. The Kier molecular flexibility index (Phi) is 9.13. The van der Waals surface area contributed by atoms with Gasteiger partial charge in [0.1, 0.15) is 5.69 Å². The van der Waals surface area contributed by atoms with Crippen molar-refractivity contribution in [2.45, 2.75) is 30.4 Å². The number of allylic oxidation sites excluding steroid dienone is 2. The molecular weight excluding hydrogens is 796 g/mol. The van der Waals surface area contributed by atoms with Gasteiger partial charge < -0.3 is 9.84 Å². The molecule has 2 aliphatic heterocycles. The number of hydrogen-bond acceptors (Lipinski definition) is 8. The van der Waals surface area contributed by atoms with Crippen LogP contribution in [0.1, 0.15) is 35.6 Å². The fraction of sp³-hybridized carbons (Fsp3) is 0.275. The topological polar surface area (TPSA) is 120 Å². The zero-order valence-electron chi connectivity index (χ0n) is 29.4. The van der Waals surface area contributed by atoms with Crippen molar-refractivity contribution in [3.63, 3.8) is 0 Å². The van der Waals surface area contributed by atoms with Gasteiger partial charge in [-0.3, -0.25) is 24.2 Å². The fourth-order valence-corrected chi connectivity index (χ4v) is 9.86. The molecule has 2 saturated heterocycles. The summed E-state index contributed by atoms with van der Waals surface area (Å²) in [5.74, 6) is -8.35. The Morgan fingerprint density at radius 2 is 1.62 bits per heavy atom. The van der Waals surface area contributed by atoms with Crippen LogP contribution < -0.4 is 14.6 Å². The first kappa shape index (κ1) is 37.8. The van der Waals surface area contributed by atoms with Gasteiger partial charge in [-0.05, 0) is 72.4 Å². The molecule has 2 aliphatic carbocycles. The van der Waals surface area contributed by atoms with Crippen LogP contribution in [0.4, 0.5) is 24.7 Å². The lowest BCUT2D eigenvalue weighted by atomic mass is 9.49. The van der Waals surface area contributed by atoms with E-state index in [2.05, 4.69) is 4.98 Å². The number of carbonyl (C=O) groups excluding carboxylic acids is 4. The minimum atomic E-state index is -4.83. The van der Waals surface area contributed by atoms with Crippen LogP contribution in [0.5, 0.6) is 11.5 Å². The van der Waals surface area contributed by atoms with Crippen molar-refractivity contribution in [2.24, 2.45) is 23.7 Å². The number of amides is 4. The molecule has 4 amide bonds. The lowest BCUT2D eigenvalue weighted by molar-refractivity contribution is -0.141. The number of halogens is 6. The van der Waals surface area contributed by atoms with Crippen molar-refractivity contribution in [3.8, 4) is 11.5 Å². The van der Waals surface area contributed by atoms with Crippen molar-refractivity contribution >= 4 is 69.9 Å². The number of aromatic hydroxyl groups is 1. The predicted molar refractivity (Wildman–Crippen MR) is 200 cm³/mol. The maximum absolute atomic E-state index is 15.4. The molecule has 0 radical (unpaired) electrons. The highest BCUT2D eigenvalue weighted by atomic mass is 35.5. The van der Waals surface area contributed by atoms with E-state index in [9.17, 15) is 32.7 Å². The lowest BCUT2D eigenvalue weighted by Gasteiger charge is -2.50. The maximum Gasteiger partial charge on any atom is 0.433 e. The lowest BCUT2D eigenvalue weighted by Crippen LogP contribution is -2.53. The van der Waals surface area contributed by atoms with Gasteiger partial charge in [-0.25, -0.2) is 9.88 Å². The van der Waals surface area contributed by atoms with E-state index in [1.54, 1.807) is 54.6 Å². The highest BCUT2D eigenvalue weighted by molar-refractivity contribution is 6.33. The van der Waals surface area contributed by atoms with Gasteiger partial charge in [-0.15, -0.1) is 0 Å². The summed E-state index contributed by atoms with van der Waals surface area (Å²) >= 11 is 19.3. The summed E-state index contributed by atoms with van der Waals surface area (Å²) in [6.07, 6.45) is -3.07. The molecule has 16 heteroatoms. The number of hydrogen-bond donors (Lipinski definition) is 1. The Labute approximate surface area is 333 Å². The number of anilines is 2. The number of phenolic OH excluding ortho intramolecular Hbond substituents is 1. The van der Waals surface area contributed by atoms with E-state index >= 15 is 4.79 Å². The van der Waals surface area contributed by atoms with E-state index < -0.39 is 76.3 Å². The van der Waals surface area contributed by atoms with E-state index in [0.29, 0.717) is 22.8 Å². The van der Waals surface area contributed by atoms with Gasteiger partial charge in [0.25, 0.3) is 11.8 Å². The molecule has 0 bridgehead atoms. The van der Waals surface area contributed by atoms with Crippen LogP contribution in [0.2, 0.25) is 15.1 Å². The number of aromatic nitrogens is 1. The summed E-state index contributed by atoms with van der Waals surface area (Å²) in [7, 11) is 2.57. The van der Waals surface area contributed by atoms with Crippen LogP contribution in [0.15, 0.2) is 90.5 Å². The average molecular weight is 826 g/mol. The van der Waals surface area contributed by atoms with Crippen molar-refractivity contribution in [1.29, 1.82) is 0 Å². The van der Waals surface area contributed by atoms with Gasteiger partial charge >= 0.3 is 6.18 Å². The number of pyridine rings is 1. The van der Waals surface area contributed by atoms with Gasteiger partial charge in [0.2, 0.25) is 11.8 Å². The molecule has 0 spiro atoms. The number of benzene rings is 3. The summed E-state index contributed by atoms with van der Waals surface area (Å²) in [6, 6.07) is 19.8. The Balaban J connectivity index is 1.32. The normalized spacial score (nSPS) is 25.9. The number of ether oxygens (including phenoxy) is 1. The first-order valence-corrected chi connectivity index (χ1v) is 18.6. The van der Waals surface area contributed by atoms with Crippen molar-refractivity contribution in [3.05, 3.63) is 122 Å². The second kappa shape index (κ2) is 13.5. The quantitative estimate of drug-likeness (QED) is 0.154. The highest BCUT2D eigenvalue weighted by Crippen LogP contribution is 2.65. The van der Waals surface area contributed by atoms with Gasteiger partial charge in [0.15, 0.2) is 17.3 Å². The van der Waals surface area contributed by atoms with Crippen molar-refractivity contribution < 1.29 is 42.2 Å². The molecule has 1 N–H and O–H groups in total. The van der Waals surface area contributed by atoms with E-state index in [1.165, 1.54) is 32.4 Å². The van der Waals surface area contributed by atoms with E-state index in [4.69, 9.17) is 39.5 Å². The summed E-state index contributed by atoms with van der Waals surface area (Å²) in [5, 5.41) is 12.4. The number of phenols is 1. The van der Waals surface area contributed by atoms with E-state index in [0.717, 1.165) is 21.0 Å². The monoisotopic (exact) mass is 824 g/mol. The molecule has 3 fully saturated rings. The number of fused-ring (bicyclic) bond motifs is 4. The zero-order chi connectivity index (χ0) is 40.0. The van der Waals surface area contributed by atoms with E-state index in [-0.39, 0.29) is 45.1 Å². The molecule has 4 aromatic rings. The second-order valence-corrected chi connectivity index (χ2v) is 15.4. The molecule has 3 aromatic carbocycles. The second-order valence-electron chi connectivity index (χ2n) is 14.2. The fourth-order valence-electron chi connectivity index (χ4n) is 9.22. The van der Waals surface area contributed by atoms with Crippen LogP contribution in [0.25, 0.3) is 0 Å². The third-order valence-corrected chi connectivity index (χ3v) is 12.3. The number of hydrazine groups is 1. The van der Waals surface area contributed by atoms with Crippen LogP contribution in [-0.4, -0.2) is 52.9 Å². The van der Waals surface area contributed by atoms with Crippen LogP contribution in [-0.2, 0) is 30.8 Å². The smallest absolute Gasteiger partial charge is 0.433 e. The first-order chi connectivity index (χ1) is 26.6. The summed E-state index contributed by atoms with van der Waals surface area (Å²) < 4.78 is 46.6. The minimum Gasteiger partial charge on any atom is -0.503 e. The molecule has 10 nitrogen and oxygen atoms in total. The molecule has 56 heavy (non-hydrogen) atoms. The van der Waals surface area contributed by atoms with Gasteiger partial charge in [0, 0.05) is 18.0 Å². The SMILES string of the molecule is COc1cc(C2C3=CCC4C(=O)N(N(C)c5nc(C(F)(F)F)ccc5Cl)C(=O)C4C3CC3C(=O)N(c4cccc(Cl)c4)C(=O)C32c2ccccc2)cc(Cl)c1O. The van der Waals surface area contributed by atoms with Gasteiger partial charge in [-0.1, -0.05) is 82.9 Å². The van der Waals surface area contributed by atoms with Crippen LogP contribution >= 0.6 is 34.8 Å².